The van der Waals surface area contributed by atoms with Crippen molar-refractivity contribution in [2.24, 2.45) is 5.92 Å². The summed E-state index contributed by atoms with van der Waals surface area (Å²) in [6.07, 6.45) is 0. The Balaban J connectivity index is 2.07. The minimum atomic E-state index is -0.0421. The Morgan fingerprint density at radius 2 is 1.43 bits per heavy atom. The monoisotopic (exact) mass is 314 g/mol. The van der Waals surface area contributed by atoms with Crippen LogP contribution in [0.2, 0.25) is 0 Å². The molecule has 23 heavy (non-hydrogen) atoms. The van der Waals surface area contributed by atoms with Crippen LogP contribution in [0.4, 0.5) is 17.1 Å². The van der Waals surface area contributed by atoms with Gasteiger partial charge in [-0.2, -0.15) is 0 Å². The summed E-state index contributed by atoms with van der Waals surface area (Å²) in [5.74, 6) is 1.31. The minimum absolute atomic E-state index is 0.00519. The third-order valence-corrected chi connectivity index (χ3v) is 3.35. The van der Waals surface area contributed by atoms with E-state index in [1.165, 1.54) is 0 Å². The number of hydrogen-bond donors (Lipinski definition) is 2. The molecule has 0 radical (unpaired) electrons. The molecule has 0 bridgehead atoms. The van der Waals surface area contributed by atoms with Gasteiger partial charge in [-0.15, -0.1) is 0 Å². The normalized spacial score (nSPS) is 10.3. The van der Waals surface area contributed by atoms with E-state index in [9.17, 15) is 4.79 Å². The number of carbonyl (C=O) groups is 1. The van der Waals surface area contributed by atoms with Crippen LogP contribution < -0.4 is 20.1 Å². The molecule has 0 aliphatic rings. The average molecular weight is 314 g/mol. The third kappa shape index (κ3) is 4.39. The summed E-state index contributed by atoms with van der Waals surface area (Å²) in [4.78, 5) is 11.7. The molecule has 2 rings (SSSR count). The maximum atomic E-state index is 11.7. The highest BCUT2D eigenvalue weighted by atomic mass is 16.5. The molecule has 0 spiro atoms. The van der Waals surface area contributed by atoms with Crippen LogP contribution in [-0.4, -0.2) is 20.1 Å². The van der Waals surface area contributed by atoms with Crippen molar-refractivity contribution in [3.8, 4) is 11.5 Å². The molecule has 0 unspecified atom stereocenters. The molecule has 0 fully saturated rings. The van der Waals surface area contributed by atoms with E-state index in [2.05, 4.69) is 10.6 Å². The van der Waals surface area contributed by atoms with Gasteiger partial charge >= 0.3 is 0 Å². The first-order valence-electron chi connectivity index (χ1n) is 7.43. The highest BCUT2D eigenvalue weighted by Crippen LogP contribution is 2.31. The van der Waals surface area contributed by atoms with Crippen molar-refractivity contribution in [2.45, 2.75) is 13.8 Å². The summed E-state index contributed by atoms with van der Waals surface area (Å²) in [5.41, 5.74) is 2.59. The SMILES string of the molecule is COc1ccc(Nc2ccc(NC(=O)C(C)C)cc2)cc1OC. The molecule has 0 atom stereocenters. The van der Waals surface area contributed by atoms with Crippen molar-refractivity contribution >= 4 is 23.0 Å². The Morgan fingerprint density at radius 3 is 2.00 bits per heavy atom. The van der Waals surface area contributed by atoms with Crippen LogP contribution in [0.25, 0.3) is 0 Å². The van der Waals surface area contributed by atoms with Crippen LogP contribution in [0.3, 0.4) is 0 Å². The molecule has 2 aromatic rings. The summed E-state index contributed by atoms with van der Waals surface area (Å²) >= 11 is 0. The lowest BCUT2D eigenvalue weighted by atomic mass is 10.2. The number of rotatable bonds is 6. The maximum Gasteiger partial charge on any atom is 0.226 e. The fourth-order valence-corrected chi connectivity index (χ4v) is 2.00. The minimum Gasteiger partial charge on any atom is -0.493 e. The molecule has 0 aliphatic heterocycles. The van der Waals surface area contributed by atoms with Gasteiger partial charge in [-0.05, 0) is 36.4 Å². The third-order valence-electron chi connectivity index (χ3n) is 3.35. The Kier molecular flexibility index (Phi) is 5.46. The van der Waals surface area contributed by atoms with Gasteiger partial charge in [-0.1, -0.05) is 13.8 Å². The van der Waals surface area contributed by atoms with Crippen molar-refractivity contribution < 1.29 is 14.3 Å². The van der Waals surface area contributed by atoms with Gasteiger partial charge in [0, 0.05) is 29.0 Å². The molecule has 0 heterocycles. The van der Waals surface area contributed by atoms with Crippen LogP contribution >= 0.6 is 0 Å². The van der Waals surface area contributed by atoms with Gasteiger partial charge in [0.1, 0.15) is 0 Å². The molecule has 0 saturated carbocycles. The van der Waals surface area contributed by atoms with E-state index in [1.807, 2.05) is 56.3 Å². The van der Waals surface area contributed by atoms with Crippen LogP contribution in [0.5, 0.6) is 11.5 Å². The molecule has 2 N–H and O–H groups in total. The van der Waals surface area contributed by atoms with Crippen LogP contribution in [0.1, 0.15) is 13.8 Å². The number of hydrogen-bond acceptors (Lipinski definition) is 4. The molecule has 5 heteroatoms. The van der Waals surface area contributed by atoms with Gasteiger partial charge in [0.25, 0.3) is 0 Å². The second kappa shape index (κ2) is 7.54. The number of methoxy groups -OCH3 is 2. The number of anilines is 3. The van der Waals surface area contributed by atoms with E-state index in [-0.39, 0.29) is 11.8 Å². The van der Waals surface area contributed by atoms with Gasteiger partial charge in [0.2, 0.25) is 5.91 Å². The lowest BCUT2D eigenvalue weighted by Gasteiger charge is -2.12. The number of amides is 1. The zero-order valence-electron chi connectivity index (χ0n) is 13.8. The molecule has 0 saturated heterocycles. The molecular weight excluding hydrogens is 292 g/mol. The average Bonchev–Trinajstić information content (AvgIpc) is 2.56. The first-order chi connectivity index (χ1) is 11.0. The van der Waals surface area contributed by atoms with Gasteiger partial charge in [-0.25, -0.2) is 0 Å². The molecule has 1 amide bonds. The Morgan fingerprint density at radius 1 is 0.870 bits per heavy atom. The molecule has 0 aliphatic carbocycles. The molecule has 5 nitrogen and oxygen atoms in total. The summed E-state index contributed by atoms with van der Waals surface area (Å²) < 4.78 is 10.5. The van der Waals surface area contributed by atoms with Gasteiger partial charge in [-0.3, -0.25) is 4.79 Å². The second-order valence-corrected chi connectivity index (χ2v) is 5.42. The van der Waals surface area contributed by atoms with Crippen LogP contribution in [0, 0.1) is 5.92 Å². The van der Waals surface area contributed by atoms with E-state index >= 15 is 0 Å². The first kappa shape index (κ1) is 16.7. The molecule has 2 aromatic carbocycles. The fourth-order valence-electron chi connectivity index (χ4n) is 2.00. The first-order valence-corrected chi connectivity index (χ1v) is 7.43. The molecular formula is C18H22N2O3. The largest absolute Gasteiger partial charge is 0.493 e. The number of nitrogens with one attached hydrogen (secondary N) is 2. The Hall–Kier alpha value is -2.69. The van der Waals surface area contributed by atoms with Gasteiger partial charge < -0.3 is 20.1 Å². The quantitative estimate of drug-likeness (QED) is 0.845. The predicted octanol–water partition coefficient (Wildman–Crippen LogP) is 4.04. The highest BCUT2D eigenvalue weighted by molar-refractivity contribution is 5.92. The number of ether oxygens (including phenoxy) is 2. The Bertz CT molecular complexity index is 666. The lowest BCUT2D eigenvalue weighted by Crippen LogP contribution is -2.17. The lowest BCUT2D eigenvalue weighted by molar-refractivity contribution is -0.118. The zero-order chi connectivity index (χ0) is 16.8. The summed E-state index contributed by atoms with van der Waals surface area (Å²) in [6, 6.07) is 13.2. The summed E-state index contributed by atoms with van der Waals surface area (Å²) in [5, 5.41) is 6.15. The fraction of sp³-hybridized carbons (Fsp3) is 0.278. The van der Waals surface area contributed by atoms with E-state index in [0.717, 1.165) is 17.1 Å². The number of benzene rings is 2. The molecule has 0 aromatic heterocycles. The zero-order valence-corrected chi connectivity index (χ0v) is 13.8. The molecule has 122 valence electrons. The maximum absolute atomic E-state index is 11.7. The van der Waals surface area contributed by atoms with Crippen LogP contribution in [-0.2, 0) is 4.79 Å². The van der Waals surface area contributed by atoms with Crippen molar-refractivity contribution in [1.29, 1.82) is 0 Å². The highest BCUT2D eigenvalue weighted by Gasteiger charge is 2.07. The summed E-state index contributed by atoms with van der Waals surface area (Å²) in [6.45, 7) is 3.73. The van der Waals surface area contributed by atoms with E-state index in [1.54, 1.807) is 14.2 Å². The van der Waals surface area contributed by atoms with Gasteiger partial charge in [0.05, 0.1) is 14.2 Å². The second-order valence-electron chi connectivity index (χ2n) is 5.42. The van der Waals surface area contributed by atoms with Crippen molar-refractivity contribution in [3.63, 3.8) is 0 Å². The van der Waals surface area contributed by atoms with E-state index in [4.69, 9.17) is 9.47 Å². The van der Waals surface area contributed by atoms with Crippen LogP contribution in [0.15, 0.2) is 42.5 Å². The smallest absolute Gasteiger partial charge is 0.226 e. The standard InChI is InChI=1S/C18H22N2O3/c1-12(2)18(21)20-14-7-5-13(6-8-14)19-15-9-10-16(22-3)17(11-15)23-4/h5-12,19H,1-4H3,(H,20,21). The summed E-state index contributed by atoms with van der Waals surface area (Å²) in [7, 11) is 3.21. The van der Waals surface area contributed by atoms with Gasteiger partial charge in [0.15, 0.2) is 11.5 Å². The van der Waals surface area contributed by atoms with Crippen molar-refractivity contribution in [2.75, 3.05) is 24.9 Å². The topological polar surface area (TPSA) is 59.6 Å². The Labute approximate surface area is 136 Å². The predicted molar refractivity (Wildman–Crippen MR) is 92.7 cm³/mol. The van der Waals surface area contributed by atoms with E-state index < -0.39 is 0 Å². The number of carbonyl (C=O) groups excluding carboxylic acids is 1. The van der Waals surface area contributed by atoms with E-state index in [0.29, 0.717) is 11.5 Å². The van der Waals surface area contributed by atoms with Crippen molar-refractivity contribution in [1.82, 2.24) is 0 Å². The van der Waals surface area contributed by atoms with Crippen molar-refractivity contribution in [3.05, 3.63) is 42.5 Å².